The molecular weight excluding hydrogens is 387 g/mol. The van der Waals surface area contributed by atoms with Crippen LogP contribution in [0.4, 0.5) is 13.2 Å². The van der Waals surface area contributed by atoms with Crippen LogP contribution in [0.1, 0.15) is 19.4 Å². The van der Waals surface area contributed by atoms with Crippen molar-refractivity contribution in [3.8, 4) is 11.8 Å². The maximum absolute atomic E-state index is 13.4. The highest BCUT2D eigenvalue weighted by Gasteiger charge is 2.37. The average molecular weight is 404 g/mol. The van der Waals surface area contributed by atoms with Crippen molar-refractivity contribution < 1.29 is 32.2 Å². The van der Waals surface area contributed by atoms with Crippen molar-refractivity contribution in [2.45, 2.75) is 20.0 Å². The molecule has 27 heavy (non-hydrogen) atoms. The zero-order valence-corrected chi connectivity index (χ0v) is 15.4. The topological polar surface area (TPSA) is 68.5 Å². The van der Waals surface area contributed by atoms with Gasteiger partial charge in [-0.05, 0) is 38.1 Å². The Kier molecular flexibility index (Phi) is 8.69. The Balaban J connectivity index is 3.28. The lowest BCUT2D eigenvalue weighted by atomic mass is 10.1. The van der Waals surface area contributed by atoms with Gasteiger partial charge >= 0.3 is 12.1 Å². The van der Waals surface area contributed by atoms with E-state index < -0.39 is 29.9 Å². The fraction of sp³-hybridized carbons (Fsp3) is 0.333. The van der Waals surface area contributed by atoms with E-state index >= 15 is 0 Å². The van der Waals surface area contributed by atoms with Crippen LogP contribution >= 0.6 is 11.6 Å². The molecule has 0 N–H and O–H groups in total. The van der Waals surface area contributed by atoms with Crippen LogP contribution in [-0.2, 0) is 14.3 Å². The summed E-state index contributed by atoms with van der Waals surface area (Å²) in [7, 11) is 0. The third-order valence-electron chi connectivity index (χ3n) is 3.03. The molecule has 0 saturated heterocycles. The number of alkyl halides is 3. The Labute approximate surface area is 159 Å². The predicted molar refractivity (Wildman–Crippen MR) is 92.1 cm³/mol. The molecule has 0 bridgehead atoms. The predicted octanol–water partition coefficient (Wildman–Crippen LogP) is 4.56. The molecule has 146 valence electrons. The first-order valence-corrected chi connectivity index (χ1v) is 8.19. The minimum absolute atomic E-state index is 0.0381. The number of ether oxygens (including phenoxy) is 3. The van der Waals surface area contributed by atoms with Gasteiger partial charge in [-0.3, -0.25) is 0 Å². The lowest BCUT2D eigenvalue weighted by Crippen LogP contribution is -2.22. The van der Waals surface area contributed by atoms with Crippen LogP contribution in [0.2, 0.25) is 5.02 Å². The van der Waals surface area contributed by atoms with Crippen LogP contribution in [-0.4, -0.2) is 32.0 Å². The molecule has 0 aliphatic heterocycles. The standard InChI is InChI=1S/C18H17ClF3NO4/c1-3-25-6-5-16(18(20,21)22)15(17(24)26-4-2)11-27-14-8-12(10-23)7-13(19)9-14/h5-9H,3-4,11H2,1-2H3/b6-5+,16-15-. The van der Waals surface area contributed by atoms with Crippen molar-refractivity contribution in [3.05, 3.63) is 52.3 Å². The van der Waals surface area contributed by atoms with E-state index in [-0.39, 0.29) is 29.5 Å². The second-order valence-corrected chi connectivity index (χ2v) is 5.38. The van der Waals surface area contributed by atoms with E-state index in [0.717, 1.165) is 6.26 Å². The highest BCUT2D eigenvalue weighted by molar-refractivity contribution is 6.30. The number of benzene rings is 1. The summed E-state index contributed by atoms with van der Waals surface area (Å²) in [4.78, 5) is 12.1. The number of carbonyl (C=O) groups is 1. The molecule has 0 spiro atoms. The van der Waals surface area contributed by atoms with E-state index in [2.05, 4.69) is 0 Å². The molecular formula is C18H17ClF3NO4. The minimum atomic E-state index is -4.84. The van der Waals surface area contributed by atoms with E-state index in [9.17, 15) is 18.0 Å². The summed E-state index contributed by atoms with van der Waals surface area (Å²) in [6, 6.07) is 5.81. The molecule has 1 aromatic carbocycles. The molecule has 0 amide bonds. The fourth-order valence-electron chi connectivity index (χ4n) is 1.91. The van der Waals surface area contributed by atoms with Crippen molar-refractivity contribution in [1.29, 1.82) is 5.26 Å². The van der Waals surface area contributed by atoms with Gasteiger partial charge in [-0.15, -0.1) is 0 Å². The summed E-state index contributed by atoms with van der Waals surface area (Å²) in [5.41, 5.74) is -1.83. The van der Waals surface area contributed by atoms with Gasteiger partial charge in [0, 0.05) is 5.02 Å². The molecule has 0 unspecified atom stereocenters. The quantitative estimate of drug-likeness (QED) is 0.275. The Bertz CT molecular complexity index is 767. The molecule has 5 nitrogen and oxygen atoms in total. The van der Waals surface area contributed by atoms with Gasteiger partial charge in [0.15, 0.2) is 0 Å². The number of esters is 1. The molecule has 1 aromatic rings. The van der Waals surface area contributed by atoms with Crippen LogP contribution in [0, 0.1) is 11.3 Å². The van der Waals surface area contributed by atoms with E-state index in [0.29, 0.717) is 6.08 Å². The number of halogens is 4. The first kappa shape index (κ1) is 22.4. The molecule has 0 saturated carbocycles. The third-order valence-corrected chi connectivity index (χ3v) is 3.25. The fourth-order valence-corrected chi connectivity index (χ4v) is 2.13. The number of rotatable bonds is 8. The second kappa shape index (κ2) is 10.5. The number of allylic oxidation sites excluding steroid dienone is 2. The Morgan fingerprint density at radius 2 is 1.96 bits per heavy atom. The average Bonchev–Trinajstić information content (AvgIpc) is 2.59. The Morgan fingerprint density at radius 1 is 1.26 bits per heavy atom. The van der Waals surface area contributed by atoms with Gasteiger partial charge < -0.3 is 14.2 Å². The molecule has 0 heterocycles. The first-order chi connectivity index (χ1) is 12.7. The van der Waals surface area contributed by atoms with Crippen molar-refractivity contribution >= 4 is 17.6 Å². The number of carbonyl (C=O) groups excluding carboxylic acids is 1. The van der Waals surface area contributed by atoms with E-state index in [4.69, 9.17) is 31.1 Å². The van der Waals surface area contributed by atoms with Crippen LogP contribution < -0.4 is 4.74 Å². The molecule has 0 aliphatic rings. The van der Waals surface area contributed by atoms with Gasteiger partial charge in [0.1, 0.15) is 12.4 Å². The molecule has 1 rings (SSSR count). The molecule has 0 aromatic heterocycles. The lowest BCUT2D eigenvalue weighted by Gasteiger charge is -2.15. The summed E-state index contributed by atoms with van der Waals surface area (Å²) < 4.78 is 55.0. The summed E-state index contributed by atoms with van der Waals surface area (Å²) in [5.74, 6) is -1.13. The molecule has 0 fully saturated rings. The highest BCUT2D eigenvalue weighted by atomic mass is 35.5. The van der Waals surface area contributed by atoms with Gasteiger partial charge in [0.25, 0.3) is 0 Å². The minimum Gasteiger partial charge on any atom is -0.501 e. The Morgan fingerprint density at radius 3 is 2.52 bits per heavy atom. The second-order valence-electron chi connectivity index (χ2n) is 4.94. The summed E-state index contributed by atoms with van der Waals surface area (Å²) >= 11 is 5.83. The van der Waals surface area contributed by atoms with Crippen LogP contribution in [0.25, 0.3) is 0 Å². The SMILES string of the molecule is CCO/C=C/C(=C(\COc1cc(Cl)cc(C#N)c1)C(=O)OCC)C(F)(F)F. The van der Waals surface area contributed by atoms with E-state index in [1.807, 2.05) is 6.07 Å². The van der Waals surface area contributed by atoms with Crippen LogP contribution in [0.3, 0.4) is 0 Å². The van der Waals surface area contributed by atoms with Gasteiger partial charge in [-0.25, -0.2) is 4.79 Å². The number of hydrogen-bond donors (Lipinski definition) is 0. The Hall–Kier alpha value is -2.66. The summed E-state index contributed by atoms with van der Waals surface area (Å²) in [6.45, 7) is 2.37. The summed E-state index contributed by atoms with van der Waals surface area (Å²) in [5, 5.41) is 9.08. The van der Waals surface area contributed by atoms with Crippen molar-refractivity contribution in [2.75, 3.05) is 19.8 Å². The van der Waals surface area contributed by atoms with E-state index in [1.165, 1.54) is 25.1 Å². The third kappa shape index (κ3) is 7.23. The van der Waals surface area contributed by atoms with Gasteiger partial charge in [0.05, 0.1) is 42.3 Å². The maximum atomic E-state index is 13.4. The zero-order valence-electron chi connectivity index (χ0n) is 14.6. The highest BCUT2D eigenvalue weighted by Crippen LogP contribution is 2.31. The zero-order chi connectivity index (χ0) is 20.4. The monoisotopic (exact) mass is 403 g/mol. The summed E-state index contributed by atoms with van der Waals surface area (Å²) in [6.07, 6.45) is -3.36. The molecule has 0 atom stereocenters. The smallest absolute Gasteiger partial charge is 0.417 e. The number of nitriles is 1. The van der Waals surface area contributed by atoms with Gasteiger partial charge in [0.2, 0.25) is 0 Å². The van der Waals surface area contributed by atoms with Crippen molar-refractivity contribution in [3.63, 3.8) is 0 Å². The molecule has 9 heteroatoms. The largest absolute Gasteiger partial charge is 0.501 e. The maximum Gasteiger partial charge on any atom is 0.417 e. The number of nitrogens with zero attached hydrogens (tertiary/aromatic N) is 1. The lowest BCUT2D eigenvalue weighted by molar-refractivity contribution is -0.140. The van der Waals surface area contributed by atoms with Crippen molar-refractivity contribution in [2.24, 2.45) is 0 Å². The van der Waals surface area contributed by atoms with Gasteiger partial charge in [-0.1, -0.05) is 11.6 Å². The molecule has 0 aliphatic carbocycles. The molecule has 0 radical (unpaired) electrons. The van der Waals surface area contributed by atoms with Gasteiger partial charge in [-0.2, -0.15) is 18.4 Å². The van der Waals surface area contributed by atoms with Crippen LogP contribution in [0.15, 0.2) is 41.7 Å². The van der Waals surface area contributed by atoms with Crippen molar-refractivity contribution in [1.82, 2.24) is 0 Å². The normalized spacial score (nSPS) is 12.3. The first-order valence-electron chi connectivity index (χ1n) is 7.82. The van der Waals surface area contributed by atoms with Crippen LogP contribution in [0.5, 0.6) is 5.75 Å². The number of hydrogen-bond acceptors (Lipinski definition) is 5. The van der Waals surface area contributed by atoms with E-state index in [1.54, 1.807) is 6.92 Å².